The fourth-order valence-electron chi connectivity index (χ4n) is 2.57. The van der Waals surface area contributed by atoms with E-state index in [1.807, 2.05) is 0 Å². The van der Waals surface area contributed by atoms with Crippen LogP contribution >= 0.6 is 24.2 Å². The lowest BCUT2D eigenvalue weighted by Gasteiger charge is -2.26. The largest absolute Gasteiger partial charge is 0.346 e. The predicted molar refractivity (Wildman–Crippen MR) is 96.5 cm³/mol. The van der Waals surface area contributed by atoms with E-state index >= 15 is 0 Å². The van der Waals surface area contributed by atoms with Crippen molar-refractivity contribution in [3.05, 3.63) is 35.1 Å². The Balaban J connectivity index is 0.00000338. The van der Waals surface area contributed by atoms with E-state index in [9.17, 15) is 22.8 Å². The molecule has 0 bridgehead atoms. The zero-order valence-electron chi connectivity index (χ0n) is 14.4. The van der Waals surface area contributed by atoms with Gasteiger partial charge in [0.15, 0.2) is 17.0 Å². The Kier molecular flexibility index (Phi) is 8.23. The maximum Gasteiger partial charge on any atom is 0.255 e. The summed E-state index contributed by atoms with van der Waals surface area (Å²) in [5, 5.41) is -0.588. The number of hydrogen-bond acceptors (Lipinski definition) is 4. The first-order valence-electron chi connectivity index (χ1n) is 7.72. The second kappa shape index (κ2) is 9.48. The highest BCUT2D eigenvalue weighted by Crippen LogP contribution is 2.26. The van der Waals surface area contributed by atoms with E-state index in [1.165, 1.54) is 21.6 Å². The van der Waals surface area contributed by atoms with E-state index in [1.54, 1.807) is 14.1 Å². The number of carbonyl (C=O) groups is 2. The molecule has 2 amide bonds. The van der Waals surface area contributed by atoms with Crippen molar-refractivity contribution < 1.29 is 22.8 Å². The zero-order valence-corrected chi connectivity index (χ0v) is 16.0. The number of carbonyl (C=O) groups excluding carboxylic acids is 2. The minimum atomic E-state index is -1.27. The van der Waals surface area contributed by atoms with Gasteiger partial charge in [-0.3, -0.25) is 9.59 Å². The lowest BCUT2D eigenvalue weighted by Crippen LogP contribution is -2.46. The van der Waals surface area contributed by atoms with E-state index in [0.717, 1.165) is 6.07 Å². The summed E-state index contributed by atoms with van der Waals surface area (Å²) in [6.45, 7) is 0.431. The predicted octanol–water partition coefficient (Wildman–Crippen LogP) is 1.78. The third-order valence-electron chi connectivity index (χ3n) is 3.87. The van der Waals surface area contributed by atoms with E-state index in [4.69, 9.17) is 5.73 Å². The molecule has 26 heavy (non-hydrogen) atoms. The van der Waals surface area contributed by atoms with Crippen LogP contribution in [0.3, 0.4) is 0 Å². The van der Waals surface area contributed by atoms with Gasteiger partial charge in [-0.15, -0.1) is 24.2 Å². The van der Waals surface area contributed by atoms with Gasteiger partial charge in [0.1, 0.15) is 5.82 Å². The van der Waals surface area contributed by atoms with Gasteiger partial charge >= 0.3 is 0 Å². The van der Waals surface area contributed by atoms with E-state index in [0.29, 0.717) is 18.4 Å². The van der Waals surface area contributed by atoms with Crippen molar-refractivity contribution in [1.82, 2.24) is 9.80 Å². The average Bonchev–Trinajstić information content (AvgIpc) is 3.01. The third kappa shape index (κ3) is 5.28. The number of rotatable bonds is 5. The summed E-state index contributed by atoms with van der Waals surface area (Å²) in [7, 11) is 3.23. The van der Waals surface area contributed by atoms with Crippen LogP contribution < -0.4 is 5.73 Å². The molecule has 1 saturated heterocycles. The maximum atomic E-state index is 13.7. The molecule has 1 aliphatic rings. The summed E-state index contributed by atoms with van der Waals surface area (Å²) in [5.41, 5.74) is 5.79. The van der Waals surface area contributed by atoms with Crippen molar-refractivity contribution in [1.29, 1.82) is 0 Å². The molecule has 2 atom stereocenters. The number of nitrogens with zero attached hydrogens (tertiary/aromatic N) is 2. The van der Waals surface area contributed by atoms with Gasteiger partial charge in [-0.1, -0.05) is 0 Å². The molecule has 0 aliphatic carbocycles. The average molecular weight is 412 g/mol. The molecule has 1 aromatic carbocycles. The van der Waals surface area contributed by atoms with Crippen molar-refractivity contribution in [3.8, 4) is 0 Å². The standard InChI is InChI=1S/C16H20F3N3O2S.ClH/c1-21(2)15(24)16-22(3-4-25-16)14(23)7-10(20)5-9-6-12(18)13(19)8-11(9)17;/h6,8,10,16H,3-5,7,20H2,1-2H3;1H/t10-,16?;/m1./s1. The van der Waals surface area contributed by atoms with Gasteiger partial charge in [0.2, 0.25) is 5.91 Å². The van der Waals surface area contributed by atoms with Gasteiger partial charge < -0.3 is 15.5 Å². The molecule has 10 heteroatoms. The van der Waals surface area contributed by atoms with Gasteiger partial charge in [0.25, 0.3) is 5.91 Å². The second-order valence-corrected chi connectivity index (χ2v) is 7.26. The quantitative estimate of drug-likeness (QED) is 0.750. The Morgan fingerprint density at radius 2 is 1.88 bits per heavy atom. The van der Waals surface area contributed by atoms with Crippen molar-refractivity contribution in [2.45, 2.75) is 24.3 Å². The first kappa shape index (κ1) is 22.6. The molecule has 1 fully saturated rings. The number of nitrogens with two attached hydrogens (primary N) is 1. The van der Waals surface area contributed by atoms with Crippen LogP contribution in [0.4, 0.5) is 13.2 Å². The Hall–Kier alpha value is -1.45. The van der Waals surface area contributed by atoms with Crippen molar-refractivity contribution >= 4 is 36.0 Å². The van der Waals surface area contributed by atoms with E-state index in [2.05, 4.69) is 0 Å². The molecular weight excluding hydrogens is 391 g/mol. The van der Waals surface area contributed by atoms with Gasteiger partial charge in [0.05, 0.1) is 0 Å². The first-order valence-corrected chi connectivity index (χ1v) is 8.76. The van der Waals surface area contributed by atoms with Gasteiger partial charge in [0, 0.05) is 44.9 Å². The Labute approximate surface area is 160 Å². The van der Waals surface area contributed by atoms with Gasteiger partial charge in [-0.05, 0) is 18.1 Å². The Bertz CT molecular complexity index is 678. The number of thioether (sulfide) groups is 1. The number of likely N-dealkylation sites (N-methyl/N-ethyl adjacent to an activating group) is 1. The van der Waals surface area contributed by atoms with Crippen LogP contribution in [-0.4, -0.2) is 59.4 Å². The van der Waals surface area contributed by atoms with Crippen LogP contribution in [0.25, 0.3) is 0 Å². The molecule has 0 aromatic heterocycles. The summed E-state index contributed by atoms with van der Waals surface area (Å²) in [6.07, 6.45) is -0.224. The summed E-state index contributed by atoms with van der Waals surface area (Å²) >= 11 is 1.37. The molecule has 146 valence electrons. The van der Waals surface area contributed by atoms with Crippen LogP contribution in [0.15, 0.2) is 12.1 Å². The Morgan fingerprint density at radius 3 is 2.50 bits per heavy atom. The summed E-state index contributed by atoms with van der Waals surface area (Å²) in [6, 6.07) is 0.439. The normalized spacial score (nSPS) is 17.6. The Morgan fingerprint density at radius 1 is 1.27 bits per heavy atom. The zero-order chi connectivity index (χ0) is 18.7. The van der Waals surface area contributed by atoms with Crippen molar-refractivity contribution in [3.63, 3.8) is 0 Å². The van der Waals surface area contributed by atoms with Crippen molar-refractivity contribution in [2.24, 2.45) is 5.73 Å². The topological polar surface area (TPSA) is 66.6 Å². The molecule has 1 heterocycles. The lowest BCUT2D eigenvalue weighted by molar-refractivity contribution is -0.140. The van der Waals surface area contributed by atoms with Crippen LogP contribution in [0, 0.1) is 17.5 Å². The minimum absolute atomic E-state index is 0. The molecule has 0 spiro atoms. The number of benzene rings is 1. The highest BCUT2D eigenvalue weighted by atomic mass is 35.5. The van der Waals surface area contributed by atoms with Crippen LogP contribution in [0.5, 0.6) is 0 Å². The number of amides is 2. The highest BCUT2D eigenvalue weighted by molar-refractivity contribution is 8.00. The summed E-state index contributed by atoms with van der Waals surface area (Å²) in [5.74, 6) is -3.20. The number of halogens is 4. The first-order chi connectivity index (χ1) is 11.7. The fraction of sp³-hybridized carbons (Fsp3) is 0.500. The van der Waals surface area contributed by atoms with Gasteiger partial charge in [-0.25, -0.2) is 13.2 Å². The van der Waals surface area contributed by atoms with Crippen LogP contribution in [-0.2, 0) is 16.0 Å². The molecule has 2 N–H and O–H groups in total. The molecular formula is C16H21ClF3N3O2S. The summed E-state index contributed by atoms with van der Waals surface area (Å²) in [4.78, 5) is 27.4. The molecule has 1 aliphatic heterocycles. The summed E-state index contributed by atoms with van der Waals surface area (Å²) < 4.78 is 39.9. The maximum absolute atomic E-state index is 13.7. The molecule has 2 rings (SSSR count). The third-order valence-corrected chi connectivity index (χ3v) is 5.06. The molecule has 5 nitrogen and oxygen atoms in total. The molecule has 1 unspecified atom stereocenters. The molecule has 1 aromatic rings. The second-order valence-electron chi connectivity index (χ2n) is 6.07. The highest BCUT2D eigenvalue weighted by Gasteiger charge is 2.36. The van der Waals surface area contributed by atoms with Crippen LogP contribution in [0.1, 0.15) is 12.0 Å². The number of hydrogen-bond donors (Lipinski definition) is 1. The van der Waals surface area contributed by atoms with Crippen molar-refractivity contribution in [2.75, 3.05) is 26.4 Å². The van der Waals surface area contributed by atoms with E-state index in [-0.39, 0.29) is 42.6 Å². The molecule has 0 saturated carbocycles. The smallest absolute Gasteiger partial charge is 0.255 e. The van der Waals surface area contributed by atoms with Crippen LogP contribution in [0.2, 0.25) is 0 Å². The molecule has 0 radical (unpaired) electrons. The minimum Gasteiger partial charge on any atom is -0.346 e. The SMILES string of the molecule is CN(C)C(=O)C1SCCN1C(=O)C[C@H](N)Cc1cc(F)c(F)cc1F.Cl. The monoisotopic (exact) mass is 411 g/mol. The fourth-order valence-corrected chi connectivity index (χ4v) is 3.85. The van der Waals surface area contributed by atoms with Gasteiger partial charge in [-0.2, -0.15) is 0 Å². The lowest BCUT2D eigenvalue weighted by atomic mass is 10.0. The van der Waals surface area contributed by atoms with E-state index < -0.39 is 28.9 Å².